The van der Waals surface area contributed by atoms with Gasteiger partial charge in [-0.15, -0.1) is 0 Å². The maximum Gasteiger partial charge on any atom is 0.238 e. The van der Waals surface area contributed by atoms with Gasteiger partial charge in [0, 0.05) is 23.5 Å². The summed E-state index contributed by atoms with van der Waals surface area (Å²) in [5.74, 6) is 0.236. The molecular weight excluding hydrogens is 415 g/mol. The second-order valence-corrected chi connectivity index (χ2v) is 9.21. The molecule has 0 saturated heterocycles. The van der Waals surface area contributed by atoms with Crippen LogP contribution in [0.1, 0.15) is 31.9 Å². The number of guanidine groups is 1. The number of benzene rings is 2. The van der Waals surface area contributed by atoms with E-state index in [9.17, 15) is 12.8 Å². The number of nitrogens with two attached hydrogens (primary N) is 1. The van der Waals surface area contributed by atoms with E-state index in [4.69, 9.17) is 16.7 Å². The van der Waals surface area contributed by atoms with Crippen LogP contribution in [0.3, 0.4) is 0 Å². The summed E-state index contributed by atoms with van der Waals surface area (Å²) in [6.45, 7) is 7.53. The van der Waals surface area contributed by atoms with Crippen molar-refractivity contribution >= 4 is 27.6 Å². The lowest BCUT2D eigenvalue weighted by molar-refractivity contribution is 0.507. The maximum atomic E-state index is 13.3. The first-order chi connectivity index (χ1) is 13.5. The summed E-state index contributed by atoms with van der Waals surface area (Å²) in [5.41, 5.74) is 1.32. The number of aliphatic imine (C=N–C) groups is 1. The Labute approximate surface area is 176 Å². The van der Waals surface area contributed by atoms with Crippen LogP contribution in [-0.4, -0.2) is 27.5 Å². The summed E-state index contributed by atoms with van der Waals surface area (Å²) >= 11 is 6.21. The summed E-state index contributed by atoms with van der Waals surface area (Å²) in [5, 5.41) is 11.9. The number of sulfonamides is 1. The molecule has 2 aromatic rings. The van der Waals surface area contributed by atoms with Crippen molar-refractivity contribution in [2.75, 3.05) is 13.1 Å². The number of nitrogens with zero attached hydrogens (tertiary/aromatic N) is 1. The topological polar surface area (TPSA) is 96.6 Å². The van der Waals surface area contributed by atoms with Crippen LogP contribution in [0.5, 0.6) is 0 Å². The standard InChI is InChI=1S/C20H26ClFN4O2S/c1-4-24-19(25-12-14-5-8-16(9-6-14)29(23,27)28)26-13-20(2,3)17-10-7-15(22)11-18(17)21/h5-11H,4,12-13H2,1-3H3,(H2,23,27,28)(H2,24,25,26). The Morgan fingerprint density at radius 3 is 2.38 bits per heavy atom. The van der Waals surface area contributed by atoms with Gasteiger partial charge >= 0.3 is 0 Å². The van der Waals surface area contributed by atoms with E-state index in [1.807, 2.05) is 20.8 Å². The monoisotopic (exact) mass is 440 g/mol. The molecule has 6 nitrogen and oxygen atoms in total. The fourth-order valence-corrected chi connectivity index (χ4v) is 3.67. The fraction of sp³-hybridized carbons (Fsp3) is 0.350. The number of halogens is 2. The van der Waals surface area contributed by atoms with Crippen molar-refractivity contribution in [1.82, 2.24) is 10.6 Å². The molecule has 0 spiro atoms. The van der Waals surface area contributed by atoms with Crippen molar-refractivity contribution in [3.63, 3.8) is 0 Å². The van der Waals surface area contributed by atoms with Gasteiger partial charge in [-0.25, -0.2) is 22.9 Å². The van der Waals surface area contributed by atoms with Crippen LogP contribution in [0.4, 0.5) is 4.39 Å². The molecule has 29 heavy (non-hydrogen) atoms. The molecule has 0 radical (unpaired) electrons. The van der Waals surface area contributed by atoms with E-state index >= 15 is 0 Å². The van der Waals surface area contributed by atoms with Gasteiger partial charge in [-0.3, -0.25) is 0 Å². The van der Waals surface area contributed by atoms with E-state index in [2.05, 4.69) is 15.6 Å². The second kappa shape index (κ2) is 9.56. The van der Waals surface area contributed by atoms with Gasteiger partial charge < -0.3 is 10.6 Å². The van der Waals surface area contributed by atoms with Gasteiger partial charge in [-0.1, -0.05) is 43.6 Å². The van der Waals surface area contributed by atoms with E-state index in [0.717, 1.165) is 11.1 Å². The lowest BCUT2D eigenvalue weighted by Crippen LogP contribution is -2.43. The first-order valence-electron chi connectivity index (χ1n) is 9.12. The van der Waals surface area contributed by atoms with Crippen LogP contribution < -0.4 is 15.8 Å². The molecule has 0 aromatic heterocycles. The van der Waals surface area contributed by atoms with E-state index in [-0.39, 0.29) is 16.1 Å². The maximum absolute atomic E-state index is 13.3. The minimum absolute atomic E-state index is 0.0631. The first-order valence-corrected chi connectivity index (χ1v) is 11.0. The number of primary sulfonamides is 1. The molecule has 0 aliphatic rings. The Balaban J connectivity index is 2.08. The summed E-state index contributed by atoms with van der Waals surface area (Å²) < 4.78 is 36.0. The minimum atomic E-state index is -3.71. The number of hydrogen-bond acceptors (Lipinski definition) is 3. The van der Waals surface area contributed by atoms with E-state index in [0.29, 0.717) is 30.6 Å². The number of hydrogen-bond donors (Lipinski definition) is 3. The molecular formula is C20H26ClFN4O2S. The lowest BCUT2D eigenvalue weighted by atomic mass is 9.84. The van der Waals surface area contributed by atoms with Crippen LogP contribution in [0.25, 0.3) is 0 Å². The van der Waals surface area contributed by atoms with Crippen LogP contribution in [0.2, 0.25) is 5.02 Å². The molecule has 2 rings (SSSR count). The number of rotatable bonds is 7. The highest BCUT2D eigenvalue weighted by Gasteiger charge is 2.24. The zero-order valence-corrected chi connectivity index (χ0v) is 18.2. The van der Waals surface area contributed by atoms with Gasteiger partial charge in [-0.05, 0) is 42.3 Å². The summed E-state index contributed by atoms with van der Waals surface area (Å²) in [4.78, 5) is 4.59. The molecule has 0 atom stereocenters. The van der Waals surface area contributed by atoms with Crippen molar-refractivity contribution in [2.45, 2.75) is 37.6 Å². The molecule has 0 unspecified atom stereocenters. The summed E-state index contributed by atoms with van der Waals surface area (Å²) in [7, 11) is -3.71. The zero-order valence-electron chi connectivity index (χ0n) is 16.7. The fourth-order valence-electron chi connectivity index (χ4n) is 2.73. The number of nitrogens with one attached hydrogen (secondary N) is 2. The second-order valence-electron chi connectivity index (χ2n) is 7.25. The van der Waals surface area contributed by atoms with Gasteiger partial charge in [0.1, 0.15) is 5.82 Å². The average molecular weight is 441 g/mol. The normalized spacial score (nSPS) is 12.7. The van der Waals surface area contributed by atoms with Crippen molar-refractivity contribution < 1.29 is 12.8 Å². The Hall–Kier alpha value is -2.16. The predicted octanol–water partition coefficient (Wildman–Crippen LogP) is 3.16. The van der Waals surface area contributed by atoms with E-state index < -0.39 is 10.0 Å². The highest BCUT2D eigenvalue weighted by atomic mass is 35.5. The SMILES string of the molecule is CCNC(=NCc1ccc(S(N)(=O)=O)cc1)NCC(C)(C)c1ccc(F)cc1Cl. The molecule has 2 aromatic carbocycles. The third-order valence-corrected chi connectivity index (χ3v) is 5.62. The minimum Gasteiger partial charge on any atom is -0.357 e. The van der Waals surface area contributed by atoms with Gasteiger partial charge in [-0.2, -0.15) is 0 Å². The summed E-state index contributed by atoms with van der Waals surface area (Å²) in [6, 6.07) is 10.7. The highest BCUT2D eigenvalue weighted by Crippen LogP contribution is 2.29. The lowest BCUT2D eigenvalue weighted by Gasteiger charge is -2.27. The molecule has 4 N–H and O–H groups in total. The van der Waals surface area contributed by atoms with Gasteiger partial charge in [0.25, 0.3) is 0 Å². The van der Waals surface area contributed by atoms with Gasteiger partial charge in [0.15, 0.2) is 5.96 Å². The summed E-state index contributed by atoms with van der Waals surface area (Å²) in [6.07, 6.45) is 0. The van der Waals surface area contributed by atoms with Crippen LogP contribution in [0, 0.1) is 5.82 Å². The Kier molecular flexibility index (Phi) is 7.62. The highest BCUT2D eigenvalue weighted by molar-refractivity contribution is 7.89. The third-order valence-electron chi connectivity index (χ3n) is 4.37. The molecule has 0 saturated carbocycles. The smallest absolute Gasteiger partial charge is 0.238 e. The molecule has 158 valence electrons. The Bertz CT molecular complexity index is 976. The van der Waals surface area contributed by atoms with Gasteiger partial charge in [0.05, 0.1) is 11.4 Å². The van der Waals surface area contributed by atoms with Gasteiger partial charge in [0.2, 0.25) is 10.0 Å². The molecule has 0 aliphatic heterocycles. The Morgan fingerprint density at radius 1 is 1.17 bits per heavy atom. The van der Waals surface area contributed by atoms with Crippen LogP contribution in [0.15, 0.2) is 52.4 Å². The molecule has 0 bridgehead atoms. The van der Waals surface area contributed by atoms with Crippen molar-refractivity contribution in [3.05, 3.63) is 64.4 Å². The van der Waals surface area contributed by atoms with Crippen molar-refractivity contribution in [2.24, 2.45) is 10.1 Å². The average Bonchev–Trinajstić information content (AvgIpc) is 2.63. The van der Waals surface area contributed by atoms with Crippen LogP contribution in [-0.2, 0) is 22.0 Å². The van der Waals surface area contributed by atoms with Crippen molar-refractivity contribution in [1.29, 1.82) is 0 Å². The Morgan fingerprint density at radius 2 is 1.83 bits per heavy atom. The largest absolute Gasteiger partial charge is 0.357 e. The van der Waals surface area contributed by atoms with Crippen LogP contribution >= 0.6 is 11.6 Å². The molecule has 0 fully saturated rings. The quantitative estimate of drug-likeness (QED) is 0.455. The third kappa shape index (κ3) is 6.69. The predicted molar refractivity (Wildman–Crippen MR) is 115 cm³/mol. The molecule has 0 heterocycles. The zero-order chi connectivity index (χ0) is 21.7. The first kappa shape index (κ1) is 23.1. The van der Waals surface area contributed by atoms with Crippen molar-refractivity contribution in [3.8, 4) is 0 Å². The van der Waals surface area contributed by atoms with E-state index in [1.165, 1.54) is 24.3 Å². The molecule has 0 amide bonds. The van der Waals surface area contributed by atoms with E-state index in [1.54, 1.807) is 18.2 Å². The molecule has 0 aliphatic carbocycles. The molecule has 9 heteroatoms.